The number of hydrogen-bond donors (Lipinski definition) is 1. The highest BCUT2D eigenvalue weighted by Crippen LogP contribution is 2.23. The van der Waals surface area contributed by atoms with Crippen molar-refractivity contribution in [3.8, 4) is 23.5 Å². The lowest BCUT2D eigenvalue weighted by atomic mass is 10.2. The lowest BCUT2D eigenvalue weighted by molar-refractivity contribution is 0.101. The highest BCUT2D eigenvalue weighted by atomic mass is 16.1. The van der Waals surface area contributed by atoms with Crippen molar-refractivity contribution in [1.29, 1.82) is 0 Å². The van der Waals surface area contributed by atoms with Crippen LogP contribution in [0.15, 0.2) is 72.8 Å². The third-order valence-corrected chi connectivity index (χ3v) is 4.87. The van der Waals surface area contributed by atoms with E-state index < -0.39 is 0 Å². The van der Waals surface area contributed by atoms with Gasteiger partial charge in [-0.25, -0.2) is 14.6 Å². The van der Waals surface area contributed by atoms with E-state index in [4.69, 9.17) is 4.98 Å². The lowest BCUT2D eigenvalue weighted by Crippen LogP contribution is -2.09. The third kappa shape index (κ3) is 4.75. The quantitative estimate of drug-likeness (QED) is 0.259. The van der Waals surface area contributed by atoms with Gasteiger partial charge in [0.1, 0.15) is 17.8 Å². The minimum absolute atomic E-state index is 0.0900. The molecular formula is C26H24N6O. The lowest BCUT2D eigenvalue weighted by Gasteiger charge is -2.10. The number of Topliss-reactive ketones (excluding diaryl/α,β-unsaturated/α-hetero) is 1. The maximum Gasteiger partial charge on any atom is 0.166 e. The number of anilines is 1. The molecule has 4 aromatic rings. The fraction of sp³-hybridized carbons (Fsp3) is 0.154. The molecule has 164 valence electrons. The number of carbonyl (C=O) groups excluding carboxylic acids is 1. The first kappa shape index (κ1) is 21.8. The molecule has 0 bridgehead atoms. The molecule has 0 amide bonds. The van der Waals surface area contributed by atoms with E-state index >= 15 is 0 Å². The van der Waals surface area contributed by atoms with Crippen molar-refractivity contribution in [2.45, 2.75) is 27.7 Å². The Morgan fingerprint density at radius 1 is 1.12 bits per heavy atom. The Hall–Kier alpha value is -4.44. The molecule has 0 aliphatic carbocycles. The average Bonchev–Trinajstić information content (AvgIpc) is 3.43. The number of imidazole rings is 1. The van der Waals surface area contributed by atoms with Crippen LogP contribution in [-0.2, 0) is 0 Å². The van der Waals surface area contributed by atoms with E-state index in [-0.39, 0.29) is 5.78 Å². The van der Waals surface area contributed by atoms with Gasteiger partial charge in [0.25, 0.3) is 0 Å². The molecule has 1 aromatic carbocycles. The third-order valence-electron chi connectivity index (χ3n) is 4.87. The van der Waals surface area contributed by atoms with Gasteiger partial charge in [0.2, 0.25) is 0 Å². The van der Waals surface area contributed by atoms with Crippen LogP contribution < -0.4 is 5.32 Å². The number of benzene rings is 1. The molecule has 0 saturated heterocycles. The fourth-order valence-electron chi connectivity index (χ4n) is 3.32. The van der Waals surface area contributed by atoms with Crippen LogP contribution in [0.4, 0.5) is 5.69 Å². The summed E-state index contributed by atoms with van der Waals surface area (Å²) in [5, 5.41) is 7.73. The zero-order valence-electron chi connectivity index (χ0n) is 19.0. The first-order chi connectivity index (χ1) is 16.0. The van der Waals surface area contributed by atoms with Gasteiger partial charge in [-0.3, -0.25) is 9.36 Å². The zero-order chi connectivity index (χ0) is 23.4. The molecule has 4 rings (SSSR count). The number of aromatic nitrogens is 5. The Morgan fingerprint density at radius 2 is 1.97 bits per heavy atom. The molecule has 0 atom stereocenters. The highest BCUT2D eigenvalue weighted by Gasteiger charge is 2.15. The minimum atomic E-state index is -0.0900. The summed E-state index contributed by atoms with van der Waals surface area (Å²) in [7, 11) is 0. The molecule has 0 fully saturated rings. The number of carbonyl (C=O) groups is 1. The molecule has 0 unspecified atom stereocenters. The summed E-state index contributed by atoms with van der Waals surface area (Å²) in [5.74, 6) is 6.74. The second kappa shape index (κ2) is 9.37. The Kier molecular flexibility index (Phi) is 6.18. The van der Waals surface area contributed by atoms with Crippen LogP contribution >= 0.6 is 0 Å². The van der Waals surface area contributed by atoms with Crippen molar-refractivity contribution < 1.29 is 4.79 Å². The van der Waals surface area contributed by atoms with Gasteiger partial charge in [-0.1, -0.05) is 17.6 Å². The van der Waals surface area contributed by atoms with E-state index in [1.54, 1.807) is 36.3 Å². The van der Waals surface area contributed by atoms with Crippen molar-refractivity contribution in [1.82, 2.24) is 24.3 Å². The Balaban J connectivity index is 1.76. The average molecular weight is 437 g/mol. The van der Waals surface area contributed by atoms with Crippen LogP contribution in [0.25, 0.3) is 22.7 Å². The maximum absolute atomic E-state index is 12.2. The monoisotopic (exact) mass is 436 g/mol. The maximum atomic E-state index is 12.2. The fourth-order valence-corrected chi connectivity index (χ4v) is 3.32. The summed E-state index contributed by atoms with van der Waals surface area (Å²) in [6.07, 6.45) is 9.37. The van der Waals surface area contributed by atoms with Crippen molar-refractivity contribution in [2.24, 2.45) is 0 Å². The molecule has 0 spiro atoms. The summed E-state index contributed by atoms with van der Waals surface area (Å²) in [6, 6.07) is 11.3. The van der Waals surface area contributed by atoms with Gasteiger partial charge in [-0.05, 0) is 76.1 Å². The predicted octanol–water partition coefficient (Wildman–Crippen LogP) is 5.07. The van der Waals surface area contributed by atoms with E-state index in [1.165, 1.54) is 12.5 Å². The zero-order valence-corrected chi connectivity index (χ0v) is 19.0. The molecule has 3 aromatic heterocycles. The predicted molar refractivity (Wildman–Crippen MR) is 131 cm³/mol. The molecule has 7 heteroatoms. The van der Waals surface area contributed by atoms with E-state index in [2.05, 4.69) is 41.1 Å². The van der Waals surface area contributed by atoms with Crippen molar-refractivity contribution in [3.05, 3.63) is 84.1 Å². The van der Waals surface area contributed by atoms with E-state index in [0.717, 1.165) is 16.7 Å². The first-order valence-electron chi connectivity index (χ1n) is 10.5. The summed E-state index contributed by atoms with van der Waals surface area (Å²) in [4.78, 5) is 21.5. The van der Waals surface area contributed by atoms with E-state index in [1.807, 2.05) is 47.2 Å². The number of pyridine rings is 1. The topological polar surface area (TPSA) is 77.6 Å². The second-order valence-corrected chi connectivity index (χ2v) is 7.68. The summed E-state index contributed by atoms with van der Waals surface area (Å²) >= 11 is 0. The van der Waals surface area contributed by atoms with Gasteiger partial charge >= 0.3 is 0 Å². The number of ketones is 1. The standard InChI is InChI=1S/C26H24N6O/c1-5-7-20-13-15-32(30-20)26-22(19(4)33)10-12-25(29-26)31-17-28-23-11-9-21(16-24(23)31)27-14-6-8-18(2)3/h6,8-17,27H,1-4H3. The molecule has 0 aliphatic rings. The summed E-state index contributed by atoms with van der Waals surface area (Å²) in [5.41, 5.74) is 4.98. The SMILES string of the molecule is CC#Cc1ccn(-c2nc(-n3cnc4ccc(NC=CC=C(C)C)cc43)ccc2C(C)=O)n1. The number of hydrogen-bond acceptors (Lipinski definition) is 5. The number of nitrogens with one attached hydrogen (secondary N) is 1. The number of fused-ring (bicyclic) bond motifs is 1. The van der Waals surface area contributed by atoms with Crippen LogP contribution in [0.3, 0.4) is 0 Å². The van der Waals surface area contributed by atoms with E-state index in [9.17, 15) is 4.79 Å². The molecule has 33 heavy (non-hydrogen) atoms. The molecule has 3 heterocycles. The second-order valence-electron chi connectivity index (χ2n) is 7.68. The molecular weight excluding hydrogens is 412 g/mol. The van der Waals surface area contributed by atoms with Crippen LogP contribution in [0.1, 0.15) is 43.7 Å². The van der Waals surface area contributed by atoms with Crippen molar-refractivity contribution in [3.63, 3.8) is 0 Å². The Bertz CT molecular complexity index is 1450. The Labute approximate surface area is 192 Å². The normalized spacial score (nSPS) is 10.8. The van der Waals surface area contributed by atoms with Crippen LogP contribution in [-0.4, -0.2) is 30.1 Å². The first-order valence-corrected chi connectivity index (χ1v) is 10.5. The summed E-state index contributed by atoms with van der Waals surface area (Å²) < 4.78 is 3.48. The minimum Gasteiger partial charge on any atom is -0.362 e. The van der Waals surface area contributed by atoms with Gasteiger partial charge in [0, 0.05) is 18.1 Å². The molecule has 0 radical (unpaired) electrons. The number of allylic oxidation sites excluding steroid dienone is 3. The largest absolute Gasteiger partial charge is 0.362 e. The van der Waals surface area contributed by atoms with Crippen LogP contribution in [0.2, 0.25) is 0 Å². The Morgan fingerprint density at radius 3 is 2.73 bits per heavy atom. The van der Waals surface area contributed by atoms with Gasteiger partial charge in [-0.2, -0.15) is 5.10 Å². The summed E-state index contributed by atoms with van der Waals surface area (Å²) in [6.45, 7) is 7.37. The number of nitrogens with zero attached hydrogens (tertiary/aromatic N) is 5. The van der Waals surface area contributed by atoms with Gasteiger partial charge in [-0.15, -0.1) is 0 Å². The van der Waals surface area contributed by atoms with E-state index in [0.29, 0.717) is 22.9 Å². The smallest absolute Gasteiger partial charge is 0.166 e. The highest BCUT2D eigenvalue weighted by molar-refractivity contribution is 5.97. The van der Waals surface area contributed by atoms with Gasteiger partial charge in [0.15, 0.2) is 11.6 Å². The molecule has 0 aliphatic heterocycles. The molecule has 1 N–H and O–H groups in total. The molecule has 7 nitrogen and oxygen atoms in total. The van der Waals surface area contributed by atoms with Crippen LogP contribution in [0.5, 0.6) is 0 Å². The van der Waals surface area contributed by atoms with Gasteiger partial charge < -0.3 is 5.32 Å². The van der Waals surface area contributed by atoms with Crippen molar-refractivity contribution in [2.75, 3.05) is 5.32 Å². The number of rotatable bonds is 6. The van der Waals surface area contributed by atoms with Crippen molar-refractivity contribution >= 4 is 22.5 Å². The molecule has 0 saturated carbocycles. The van der Waals surface area contributed by atoms with Gasteiger partial charge in [0.05, 0.1) is 16.6 Å². The van der Waals surface area contributed by atoms with Crippen LogP contribution in [0, 0.1) is 11.8 Å².